The Labute approximate surface area is 113 Å². The Morgan fingerprint density at radius 2 is 2.17 bits per heavy atom. The summed E-state index contributed by atoms with van der Waals surface area (Å²) in [5.41, 5.74) is 0.931. The van der Waals surface area contributed by atoms with Crippen LogP contribution in [0.25, 0.3) is 0 Å². The lowest BCUT2D eigenvalue weighted by Gasteiger charge is -2.31. The van der Waals surface area contributed by atoms with Crippen molar-refractivity contribution < 1.29 is 9.84 Å². The van der Waals surface area contributed by atoms with E-state index in [0.717, 1.165) is 38.2 Å². The maximum atomic E-state index is 10.1. The summed E-state index contributed by atoms with van der Waals surface area (Å²) in [6.45, 7) is 5.68. The molecule has 2 atom stereocenters. The van der Waals surface area contributed by atoms with Gasteiger partial charge in [0.05, 0.1) is 18.8 Å². The van der Waals surface area contributed by atoms with Crippen molar-refractivity contribution >= 4 is 11.6 Å². The molecule has 1 aromatic rings. The molecule has 1 aromatic carbocycles. The van der Waals surface area contributed by atoms with Crippen LogP contribution in [0.15, 0.2) is 24.3 Å². The SMILES string of the molecule is CC1CN(CCC(O)c2ccc(Cl)cc2)CCO1. The number of nitrogens with zero attached hydrogens (tertiary/aromatic N) is 1. The van der Waals surface area contributed by atoms with E-state index in [4.69, 9.17) is 16.3 Å². The van der Waals surface area contributed by atoms with Gasteiger partial charge < -0.3 is 9.84 Å². The Kier molecular flexibility index (Phi) is 5.01. The summed E-state index contributed by atoms with van der Waals surface area (Å²) in [6.07, 6.45) is 0.626. The fourth-order valence-electron chi connectivity index (χ4n) is 2.25. The van der Waals surface area contributed by atoms with Crippen LogP contribution in [0.5, 0.6) is 0 Å². The summed E-state index contributed by atoms with van der Waals surface area (Å²) in [5.74, 6) is 0. The first-order valence-corrected chi connectivity index (χ1v) is 6.80. The molecule has 0 saturated carbocycles. The average molecular weight is 270 g/mol. The standard InChI is InChI=1S/C14H20ClNO2/c1-11-10-16(8-9-18-11)7-6-14(17)12-2-4-13(15)5-3-12/h2-5,11,14,17H,6-10H2,1H3. The number of aliphatic hydroxyl groups is 1. The Morgan fingerprint density at radius 1 is 1.44 bits per heavy atom. The summed E-state index contributed by atoms with van der Waals surface area (Å²) in [4.78, 5) is 2.34. The highest BCUT2D eigenvalue weighted by Gasteiger charge is 2.17. The molecule has 1 heterocycles. The highest BCUT2D eigenvalue weighted by molar-refractivity contribution is 6.30. The second-order valence-corrected chi connectivity index (χ2v) is 5.27. The monoisotopic (exact) mass is 269 g/mol. The van der Waals surface area contributed by atoms with E-state index in [-0.39, 0.29) is 0 Å². The first-order chi connectivity index (χ1) is 8.65. The van der Waals surface area contributed by atoms with Crippen LogP contribution in [0.1, 0.15) is 25.0 Å². The molecule has 3 nitrogen and oxygen atoms in total. The quantitative estimate of drug-likeness (QED) is 0.912. The van der Waals surface area contributed by atoms with Crippen LogP contribution >= 0.6 is 11.6 Å². The molecule has 0 aliphatic carbocycles. The highest BCUT2D eigenvalue weighted by Crippen LogP contribution is 2.19. The van der Waals surface area contributed by atoms with E-state index < -0.39 is 6.10 Å². The average Bonchev–Trinajstić information content (AvgIpc) is 2.37. The molecule has 0 bridgehead atoms. The number of benzene rings is 1. The molecule has 1 aliphatic rings. The van der Waals surface area contributed by atoms with Crippen LogP contribution in [0.4, 0.5) is 0 Å². The van der Waals surface area contributed by atoms with Crippen molar-refractivity contribution in [2.45, 2.75) is 25.6 Å². The van der Waals surface area contributed by atoms with Crippen molar-refractivity contribution in [2.24, 2.45) is 0 Å². The van der Waals surface area contributed by atoms with E-state index in [2.05, 4.69) is 11.8 Å². The van der Waals surface area contributed by atoms with Gasteiger partial charge in [-0.15, -0.1) is 0 Å². The fraction of sp³-hybridized carbons (Fsp3) is 0.571. The molecular formula is C14H20ClNO2. The maximum absolute atomic E-state index is 10.1. The minimum Gasteiger partial charge on any atom is -0.388 e. The van der Waals surface area contributed by atoms with Gasteiger partial charge in [-0.1, -0.05) is 23.7 Å². The van der Waals surface area contributed by atoms with Crippen molar-refractivity contribution in [3.05, 3.63) is 34.9 Å². The first-order valence-electron chi connectivity index (χ1n) is 6.42. The van der Waals surface area contributed by atoms with Crippen LogP contribution in [0, 0.1) is 0 Å². The van der Waals surface area contributed by atoms with Gasteiger partial charge in [0.1, 0.15) is 0 Å². The molecule has 2 unspecified atom stereocenters. The van der Waals surface area contributed by atoms with Gasteiger partial charge in [0, 0.05) is 24.7 Å². The van der Waals surface area contributed by atoms with Crippen molar-refractivity contribution in [2.75, 3.05) is 26.2 Å². The van der Waals surface area contributed by atoms with E-state index in [9.17, 15) is 5.11 Å². The van der Waals surface area contributed by atoms with E-state index in [1.165, 1.54) is 0 Å². The second kappa shape index (κ2) is 6.53. The third-order valence-corrected chi connectivity index (χ3v) is 3.55. The second-order valence-electron chi connectivity index (χ2n) is 4.84. The van der Waals surface area contributed by atoms with Crippen molar-refractivity contribution in [1.29, 1.82) is 0 Å². The van der Waals surface area contributed by atoms with Crippen LogP contribution in [-0.4, -0.2) is 42.4 Å². The summed E-state index contributed by atoms with van der Waals surface area (Å²) in [7, 11) is 0. The van der Waals surface area contributed by atoms with Crippen molar-refractivity contribution in [1.82, 2.24) is 4.90 Å². The molecule has 2 rings (SSSR count). The maximum Gasteiger partial charge on any atom is 0.0802 e. The summed E-state index contributed by atoms with van der Waals surface area (Å²) in [5, 5.41) is 10.8. The Balaban J connectivity index is 1.80. The van der Waals surface area contributed by atoms with Crippen LogP contribution < -0.4 is 0 Å². The Hall–Kier alpha value is -0.610. The molecule has 4 heteroatoms. The largest absolute Gasteiger partial charge is 0.388 e. The van der Waals surface area contributed by atoms with Gasteiger partial charge in [0.15, 0.2) is 0 Å². The summed E-state index contributed by atoms with van der Waals surface area (Å²) < 4.78 is 5.49. The molecule has 1 N–H and O–H groups in total. The zero-order valence-electron chi connectivity index (χ0n) is 10.7. The molecule has 0 amide bonds. The lowest BCUT2D eigenvalue weighted by atomic mass is 10.1. The summed E-state index contributed by atoms with van der Waals surface area (Å²) in [6, 6.07) is 7.40. The van der Waals surface area contributed by atoms with E-state index in [1.54, 1.807) is 0 Å². The van der Waals surface area contributed by atoms with Gasteiger partial charge in [0.25, 0.3) is 0 Å². The molecule has 100 valence electrons. The molecule has 1 aliphatic heterocycles. The number of rotatable bonds is 4. The zero-order chi connectivity index (χ0) is 13.0. The molecule has 1 saturated heterocycles. The minimum atomic E-state index is -0.416. The van der Waals surface area contributed by atoms with Crippen LogP contribution in [0.3, 0.4) is 0 Å². The number of halogens is 1. The van der Waals surface area contributed by atoms with Gasteiger partial charge in [-0.2, -0.15) is 0 Å². The topological polar surface area (TPSA) is 32.7 Å². The first kappa shape index (κ1) is 13.8. The predicted octanol–water partition coefficient (Wildman–Crippen LogP) is 2.48. The minimum absolute atomic E-state index is 0.298. The third-order valence-electron chi connectivity index (χ3n) is 3.30. The van der Waals surface area contributed by atoms with Crippen LogP contribution in [-0.2, 0) is 4.74 Å². The molecule has 0 aromatic heterocycles. The lowest BCUT2D eigenvalue weighted by Crippen LogP contribution is -2.41. The smallest absolute Gasteiger partial charge is 0.0802 e. The van der Waals surface area contributed by atoms with E-state index in [0.29, 0.717) is 11.1 Å². The van der Waals surface area contributed by atoms with Gasteiger partial charge in [-0.05, 0) is 31.0 Å². The predicted molar refractivity (Wildman–Crippen MR) is 72.9 cm³/mol. The molecule has 18 heavy (non-hydrogen) atoms. The molecule has 0 radical (unpaired) electrons. The molecular weight excluding hydrogens is 250 g/mol. The normalized spacial score (nSPS) is 22.9. The van der Waals surface area contributed by atoms with Crippen molar-refractivity contribution in [3.63, 3.8) is 0 Å². The number of morpholine rings is 1. The zero-order valence-corrected chi connectivity index (χ0v) is 11.4. The third kappa shape index (κ3) is 3.95. The Morgan fingerprint density at radius 3 is 2.83 bits per heavy atom. The fourth-order valence-corrected chi connectivity index (χ4v) is 2.38. The van der Waals surface area contributed by atoms with Gasteiger partial charge in [-0.25, -0.2) is 0 Å². The molecule has 0 spiro atoms. The lowest BCUT2D eigenvalue weighted by molar-refractivity contribution is -0.0221. The van der Waals surface area contributed by atoms with Gasteiger partial charge >= 0.3 is 0 Å². The van der Waals surface area contributed by atoms with Gasteiger partial charge in [-0.3, -0.25) is 4.90 Å². The van der Waals surface area contributed by atoms with E-state index >= 15 is 0 Å². The number of hydrogen-bond donors (Lipinski definition) is 1. The number of aliphatic hydroxyl groups excluding tert-OH is 1. The highest BCUT2D eigenvalue weighted by atomic mass is 35.5. The molecule has 1 fully saturated rings. The van der Waals surface area contributed by atoms with Crippen LogP contribution in [0.2, 0.25) is 5.02 Å². The summed E-state index contributed by atoms with van der Waals surface area (Å²) >= 11 is 5.83. The van der Waals surface area contributed by atoms with Crippen molar-refractivity contribution in [3.8, 4) is 0 Å². The Bertz CT molecular complexity index is 369. The van der Waals surface area contributed by atoms with E-state index in [1.807, 2.05) is 24.3 Å². The number of hydrogen-bond acceptors (Lipinski definition) is 3. The van der Waals surface area contributed by atoms with Gasteiger partial charge in [0.2, 0.25) is 0 Å². The number of ether oxygens (including phenoxy) is 1.